The van der Waals surface area contributed by atoms with Crippen molar-refractivity contribution in [2.45, 2.75) is 12.7 Å². The summed E-state index contributed by atoms with van der Waals surface area (Å²) in [6, 6.07) is -0.598. The Morgan fingerprint density at radius 1 is 1.64 bits per heavy atom. The second kappa shape index (κ2) is 3.00. The van der Waals surface area contributed by atoms with Gasteiger partial charge in [0.05, 0.1) is 19.2 Å². The Kier molecular flexibility index (Phi) is 2.23. The van der Waals surface area contributed by atoms with Gasteiger partial charge in [0.25, 0.3) is 0 Å². The minimum Gasteiger partial charge on any atom is -0.351 e. The lowest BCUT2D eigenvalue weighted by Gasteiger charge is -2.37. The third-order valence-electron chi connectivity index (χ3n) is 1.46. The Morgan fingerprint density at radius 3 is 2.55 bits per heavy atom. The summed E-state index contributed by atoms with van der Waals surface area (Å²) in [5, 5.41) is 0. The highest BCUT2D eigenvalue weighted by Gasteiger charge is 2.31. The number of primary amides is 1. The highest BCUT2D eigenvalue weighted by molar-refractivity contribution is 5.73. The van der Waals surface area contributed by atoms with Crippen LogP contribution in [0.4, 0.5) is 13.6 Å². The number of likely N-dealkylation sites (tertiary alicyclic amines) is 1. The average molecular weight is 166 g/mol. The van der Waals surface area contributed by atoms with Crippen molar-refractivity contribution < 1.29 is 18.3 Å². The van der Waals surface area contributed by atoms with E-state index in [1.54, 1.807) is 0 Å². The van der Waals surface area contributed by atoms with E-state index in [9.17, 15) is 13.6 Å². The number of alkyl halides is 2. The van der Waals surface area contributed by atoms with E-state index in [-0.39, 0.29) is 13.1 Å². The molecule has 11 heavy (non-hydrogen) atoms. The number of urea groups is 1. The number of hydrogen-bond donors (Lipinski definition) is 1. The predicted octanol–water partition coefficient (Wildman–Crippen LogP) is -0.0115. The van der Waals surface area contributed by atoms with Gasteiger partial charge in [0.2, 0.25) is 0 Å². The third kappa shape index (κ3) is 2.01. The minimum absolute atomic E-state index is 0.166. The van der Waals surface area contributed by atoms with Crippen LogP contribution in [-0.4, -0.2) is 36.7 Å². The van der Waals surface area contributed by atoms with Crippen molar-refractivity contribution in [3.8, 4) is 0 Å². The third-order valence-corrected chi connectivity index (χ3v) is 1.46. The minimum atomic E-state index is -2.77. The molecule has 0 atom stereocenters. The number of carbonyl (C=O) groups excluding carboxylic acids is 1. The zero-order valence-electron chi connectivity index (χ0n) is 5.67. The molecule has 1 fully saturated rings. The van der Waals surface area contributed by atoms with Gasteiger partial charge in [0.15, 0.2) is 0 Å². The van der Waals surface area contributed by atoms with Crippen LogP contribution < -0.4 is 5.73 Å². The first-order chi connectivity index (χ1) is 5.09. The molecule has 0 bridgehead atoms. The van der Waals surface area contributed by atoms with E-state index in [0.717, 1.165) is 0 Å². The second-order valence-corrected chi connectivity index (χ2v) is 2.26. The lowest BCUT2D eigenvalue weighted by atomic mass is 10.2. The summed E-state index contributed by atoms with van der Waals surface area (Å²) in [6.07, 6.45) is -0.553. The molecule has 2 N–H and O–H groups in total. The summed E-state index contributed by atoms with van der Waals surface area (Å²) >= 11 is 0. The van der Waals surface area contributed by atoms with E-state index in [1.165, 1.54) is 4.90 Å². The van der Waals surface area contributed by atoms with Crippen LogP contribution in [0.3, 0.4) is 0 Å². The SMILES string of the molecule is NC(=O)N1CC(OC(F)F)C1. The Hall–Kier alpha value is -0.910. The maximum absolute atomic E-state index is 11.5. The van der Waals surface area contributed by atoms with E-state index in [0.29, 0.717) is 0 Å². The molecule has 6 heteroatoms. The fourth-order valence-electron chi connectivity index (χ4n) is 0.850. The normalized spacial score (nSPS) is 18.6. The number of carbonyl (C=O) groups is 1. The van der Waals surface area contributed by atoms with Crippen molar-refractivity contribution >= 4 is 6.03 Å². The molecule has 0 aromatic heterocycles. The number of nitrogens with two attached hydrogens (primary N) is 1. The first-order valence-corrected chi connectivity index (χ1v) is 3.07. The van der Waals surface area contributed by atoms with Crippen molar-refractivity contribution in [3.05, 3.63) is 0 Å². The van der Waals surface area contributed by atoms with Gasteiger partial charge in [-0.3, -0.25) is 0 Å². The maximum atomic E-state index is 11.5. The van der Waals surface area contributed by atoms with E-state index in [2.05, 4.69) is 4.74 Å². The van der Waals surface area contributed by atoms with Crippen molar-refractivity contribution in [2.75, 3.05) is 13.1 Å². The number of nitrogens with zero attached hydrogens (tertiary/aromatic N) is 1. The molecule has 1 saturated heterocycles. The van der Waals surface area contributed by atoms with Gasteiger partial charge in [-0.1, -0.05) is 0 Å². The zero-order valence-corrected chi connectivity index (χ0v) is 5.67. The molecule has 0 radical (unpaired) electrons. The highest BCUT2D eigenvalue weighted by Crippen LogP contribution is 2.13. The predicted molar refractivity (Wildman–Crippen MR) is 32.0 cm³/mol. The summed E-state index contributed by atoms with van der Waals surface area (Å²) < 4.78 is 27.0. The number of amides is 2. The first-order valence-electron chi connectivity index (χ1n) is 3.07. The second-order valence-electron chi connectivity index (χ2n) is 2.26. The molecule has 64 valence electrons. The fourth-order valence-corrected chi connectivity index (χ4v) is 0.850. The molecule has 1 aliphatic rings. The number of hydrogen-bond acceptors (Lipinski definition) is 2. The molecule has 1 heterocycles. The summed E-state index contributed by atoms with van der Waals surface area (Å²) in [6.45, 7) is -2.44. The van der Waals surface area contributed by atoms with Crippen LogP contribution in [0.25, 0.3) is 0 Å². The molecule has 0 aliphatic carbocycles. The van der Waals surface area contributed by atoms with Gasteiger partial charge in [-0.05, 0) is 0 Å². The van der Waals surface area contributed by atoms with Crippen molar-refractivity contribution in [3.63, 3.8) is 0 Å². The largest absolute Gasteiger partial charge is 0.351 e. The van der Waals surface area contributed by atoms with Crippen LogP contribution in [0.15, 0.2) is 0 Å². The molecule has 1 aliphatic heterocycles. The number of ether oxygens (including phenoxy) is 1. The first kappa shape index (κ1) is 8.19. The standard InChI is InChI=1S/C5H8F2N2O2/c6-4(7)11-3-1-9(2-3)5(8)10/h3-4H,1-2H2,(H2,8,10). The van der Waals surface area contributed by atoms with Crippen LogP contribution in [0, 0.1) is 0 Å². The van der Waals surface area contributed by atoms with Crippen LogP contribution in [0.5, 0.6) is 0 Å². The van der Waals surface area contributed by atoms with Crippen molar-refractivity contribution in [1.82, 2.24) is 4.90 Å². The quantitative estimate of drug-likeness (QED) is 0.627. The lowest BCUT2D eigenvalue weighted by molar-refractivity contribution is -0.188. The van der Waals surface area contributed by atoms with E-state index >= 15 is 0 Å². The van der Waals surface area contributed by atoms with E-state index < -0.39 is 18.7 Å². The van der Waals surface area contributed by atoms with Crippen LogP contribution in [0.1, 0.15) is 0 Å². The summed E-state index contributed by atoms with van der Waals surface area (Å²) in [4.78, 5) is 11.5. The van der Waals surface area contributed by atoms with Crippen LogP contribution >= 0.6 is 0 Å². The van der Waals surface area contributed by atoms with Gasteiger partial charge >= 0.3 is 12.6 Å². The van der Waals surface area contributed by atoms with Gasteiger partial charge in [-0.25, -0.2) is 4.79 Å². The lowest BCUT2D eigenvalue weighted by Crippen LogP contribution is -2.56. The molecular weight excluding hydrogens is 158 g/mol. The molecular formula is C5H8F2N2O2. The highest BCUT2D eigenvalue weighted by atomic mass is 19.3. The maximum Gasteiger partial charge on any atom is 0.345 e. The Morgan fingerprint density at radius 2 is 2.18 bits per heavy atom. The molecule has 0 aromatic carbocycles. The Labute approximate surface area is 61.9 Å². The van der Waals surface area contributed by atoms with Gasteiger partial charge in [-0.15, -0.1) is 0 Å². The molecule has 0 unspecified atom stereocenters. The average Bonchev–Trinajstić information content (AvgIpc) is 1.75. The number of rotatable bonds is 2. The van der Waals surface area contributed by atoms with Crippen molar-refractivity contribution in [2.24, 2.45) is 5.73 Å². The summed E-state index contributed by atoms with van der Waals surface area (Å²) in [5.74, 6) is 0. The summed E-state index contributed by atoms with van der Waals surface area (Å²) in [7, 11) is 0. The van der Waals surface area contributed by atoms with Crippen LogP contribution in [-0.2, 0) is 4.74 Å². The van der Waals surface area contributed by atoms with Gasteiger partial charge in [-0.2, -0.15) is 8.78 Å². The molecule has 0 aromatic rings. The van der Waals surface area contributed by atoms with Crippen molar-refractivity contribution in [1.29, 1.82) is 0 Å². The Bertz CT molecular complexity index is 159. The fraction of sp³-hybridized carbons (Fsp3) is 0.800. The molecule has 4 nitrogen and oxygen atoms in total. The van der Waals surface area contributed by atoms with Gasteiger partial charge < -0.3 is 15.4 Å². The molecule has 0 spiro atoms. The topological polar surface area (TPSA) is 55.6 Å². The molecule has 2 amide bonds. The molecule has 1 rings (SSSR count). The summed E-state index contributed by atoms with van der Waals surface area (Å²) in [5.41, 5.74) is 4.83. The number of halogens is 2. The smallest absolute Gasteiger partial charge is 0.345 e. The van der Waals surface area contributed by atoms with Gasteiger partial charge in [0, 0.05) is 0 Å². The van der Waals surface area contributed by atoms with E-state index in [4.69, 9.17) is 5.73 Å². The van der Waals surface area contributed by atoms with E-state index in [1.807, 2.05) is 0 Å². The Balaban J connectivity index is 2.14. The molecule has 0 saturated carbocycles. The van der Waals surface area contributed by atoms with Gasteiger partial charge in [0.1, 0.15) is 0 Å². The zero-order chi connectivity index (χ0) is 8.43. The monoisotopic (exact) mass is 166 g/mol. The van der Waals surface area contributed by atoms with Crippen LogP contribution in [0.2, 0.25) is 0 Å².